The minimum Gasteiger partial charge on any atom is -0.387 e. The zero-order chi connectivity index (χ0) is 14.4. The molecule has 0 radical (unpaired) electrons. The van der Waals surface area contributed by atoms with E-state index in [-0.39, 0.29) is 12.1 Å². The molecule has 2 rings (SSSR count). The maximum atomic E-state index is 13.5. The average Bonchev–Trinajstić information content (AvgIpc) is 2.47. The van der Waals surface area contributed by atoms with Gasteiger partial charge in [0.25, 0.3) is 0 Å². The van der Waals surface area contributed by atoms with Crippen LogP contribution >= 0.6 is 11.8 Å². The van der Waals surface area contributed by atoms with Crippen LogP contribution < -0.4 is 5.32 Å². The van der Waals surface area contributed by atoms with E-state index in [0.717, 1.165) is 55.9 Å². The van der Waals surface area contributed by atoms with Gasteiger partial charge in [0.2, 0.25) is 0 Å². The summed E-state index contributed by atoms with van der Waals surface area (Å²) in [6, 6.07) is 3.14. The Kier molecular flexibility index (Phi) is 6.22. The Balaban J connectivity index is 1.71. The second kappa shape index (κ2) is 7.93. The van der Waals surface area contributed by atoms with Crippen molar-refractivity contribution in [3.63, 3.8) is 0 Å². The van der Waals surface area contributed by atoms with E-state index in [9.17, 15) is 13.9 Å². The topological polar surface area (TPSA) is 35.5 Å². The highest BCUT2D eigenvalue weighted by molar-refractivity contribution is 7.99. The van der Waals surface area contributed by atoms with Crippen LogP contribution in [-0.4, -0.2) is 54.2 Å². The van der Waals surface area contributed by atoms with Crippen LogP contribution in [0.2, 0.25) is 0 Å². The van der Waals surface area contributed by atoms with Crippen molar-refractivity contribution < 1.29 is 13.9 Å². The molecule has 3 nitrogen and oxygen atoms in total. The molecule has 112 valence electrons. The van der Waals surface area contributed by atoms with Crippen LogP contribution in [0.4, 0.5) is 8.78 Å². The van der Waals surface area contributed by atoms with Crippen LogP contribution in [0.1, 0.15) is 11.7 Å². The number of nitrogens with zero attached hydrogens (tertiary/aromatic N) is 1. The standard InChI is InChI=1S/C14H20F2N2OS/c15-11-1-2-13(16)12(9-11)14(19)10-17-3-4-18-5-7-20-8-6-18/h1-2,9,14,17,19H,3-8,10H2. The summed E-state index contributed by atoms with van der Waals surface area (Å²) in [5, 5.41) is 13.0. The molecule has 2 N–H and O–H groups in total. The first-order chi connectivity index (χ1) is 9.66. The van der Waals surface area contributed by atoms with Crippen molar-refractivity contribution in [3.05, 3.63) is 35.4 Å². The number of rotatable bonds is 6. The molecule has 1 aromatic rings. The van der Waals surface area contributed by atoms with Gasteiger partial charge in [0.05, 0.1) is 6.10 Å². The van der Waals surface area contributed by atoms with Gasteiger partial charge in [0.1, 0.15) is 11.6 Å². The van der Waals surface area contributed by atoms with E-state index in [4.69, 9.17) is 0 Å². The molecule has 1 unspecified atom stereocenters. The van der Waals surface area contributed by atoms with Gasteiger partial charge < -0.3 is 15.3 Å². The molecule has 20 heavy (non-hydrogen) atoms. The van der Waals surface area contributed by atoms with Gasteiger partial charge in [0.15, 0.2) is 0 Å². The van der Waals surface area contributed by atoms with Crippen molar-refractivity contribution in [3.8, 4) is 0 Å². The first-order valence-corrected chi connectivity index (χ1v) is 7.96. The zero-order valence-corrected chi connectivity index (χ0v) is 12.1. The lowest BCUT2D eigenvalue weighted by atomic mass is 10.1. The molecule has 0 amide bonds. The van der Waals surface area contributed by atoms with Crippen molar-refractivity contribution in [1.82, 2.24) is 10.2 Å². The van der Waals surface area contributed by atoms with Crippen LogP contribution in [0, 0.1) is 11.6 Å². The summed E-state index contributed by atoms with van der Waals surface area (Å²) in [5.41, 5.74) is 0.00636. The minimum absolute atomic E-state index is 0.00636. The van der Waals surface area contributed by atoms with Crippen LogP contribution in [0.5, 0.6) is 0 Å². The third kappa shape index (κ3) is 4.70. The molecule has 6 heteroatoms. The lowest BCUT2D eigenvalue weighted by molar-refractivity contribution is 0.167. The summed E-state index contributed by atoms with van der Waals surface area (Å²) in [6.45, 7) is 4.06. The van der Waals surface area contributed by atoms with E-state index in [0.29, 0.717) is 0 Å². The van der Waals surface area contributed by atoms with Crippen LogP contribution in [-0.2, 0) is 0 Å². The summed E-state index contributed by atoms with van der Waals surface area (Å²) in [6.07, 6.45) is -1.03. The first-order valence-electron chi connectivity index (χ1n) is 6.80. The second-order valence-corrected chi connectivity index (χ2v) is 6.06. The number of aliphatic hydroxyl groups is 1. The quantitative estimate of drug-likeness (QED) is 0.783. The normalized spacial score (nSPS) is 18.1. The molecule has 0 aromatic heterocycles. The molecule has 0 saturated carbocycles. The van der Waals surface area contributed by atoms with Crippen LogP contribution in [0.25, 0.3) is 0 Å². The van der Waals surface area contributed by atoms with Gasteiger partial charge in [-0.25, -0.2) is 8.78 Å². The molecule has 1 atom stereocenters. The number of halogens is 2. The van der Waals surface area contributed by atoms with Crippen molar-refractivity contribution in [2.45, 2.75) is 6.10 Å². The number of hydrogen-bond donors (Lipinski definition) is 2. The number of hydrogen-bond acceptors (Lipinski definition) is 4. The predicted octanol–water partition coefficient (Wildman–Crippen LogP) is 1.64. The Morgan fingerprint density at radius 2 is 2.05 bits per heavy atom. The Morgan fingerprint density at radius 1 is 1.30 bits per heavy atom. The second-order valence-electron chi connectivity index (χ2n) is 4.84. The molecule has 0 spiro atoms. The molecule has 0 bridgehead atoms. The van der Waals surface area contributed by atoms with Crippen molar-refractivity contribution in [2.24, 2.45) is 0 Å². The summed E-state index contributed by atoms with van der Waals surface area (Å²) in [5.74, 6) is 1.22. The Labute approximate surface area is 122 Å². The van der Waals surface area contributed by atoms with Crippen LogP contribution in [0.3, 0.4) is 0 Å². The van der Waals surface area contributed by atoms with Gasteiger partial charge in [-0.1, -0.05) is 0 Å². The Morgan fingerprint density at radius 3 is 2.80 bits per heavy atom. The molecular weight excluding hydrogens is 282 g/mol. The van der Waals surface area contributed by atoms with Gasteiger partial charge in [-0.2, -0.15) is 11.8 Å². The van der Waals surface area contributed by atoms with E-state index < -0.39 is 17.7 Å². The first kappa shape index (κ1) is 15.7. The van der Waals surface area contributed by atoms with Crippen LogP contribution in [0.15, 0.2) is 18.2 Å². The largest absolute Gasteiger partial charge is 0.387 e. The fourth-order valence-electron chi connectivity index (χ4n) is 2.18. The van der Waals surface area contributed by atoms with E-state index in [1.54, 1.807) is 0 Å². The third-order valence-electron chi connectivity index (χ3n) is 3.36. The highest BCUT2D eigenvalue weighted by atomic mass is 32.2. The summed E-state index contributed by atoms with van der Waals surface area (Å²) < 4.78 is 26.5. The maximum absolute atomic E-state index is 13.5. The average molecular weight is 302 g/mol. The molecule has 1 heterocycles. The van der Waals surface area contributed by atoms with Gasteiger partial charge in [0, 0.05) is 49.8 Å². The summed E-state index contributed by atoms with van der Waals surface area (Å²) in [7, 11) is 0. The molecule has 1 aliphatic heterocycles. The van der Waals surface area contributed by atoms with E-state index in [2.05, 4.69) is 10.2 Å². The lowest BCUT2D eigenvalue weighted by Gasteiger charge is -2.26. The van der Waals surface area contributed by atoms with Gasteiger partial charge in [-0.3, -0.25) is 0 Å². The smallest absolute Gasteiger partial charge is 0.129 e. The molecule has 1 aliphatic rings. The monoisotopic (exact) mass is 302 g/mol. The number of benzene rings is 1. The number of aliphatic hydroxyl groups excluding tert-OH is 1. The Bertz CT molecular complexity index is 428. The predicted molar refractivity (Wildman–Crippen MR) is 78.0 cm³/mol. The molecule has 0 aliphatic carbocycles. The van der Waals surface area contributed by atoms with E-state index in [1.807, 2.05) is 11.8 Å². The molecule has 1 fully saturated rings. The summed E-state index contributed by atoms with van der Waals surface area (Å²) >= 11 is 1.96. The van der Waals surface area contributed by atoms with Gasteiger partial charge in [-0.15, -0.1) is 0 Å². The van der Waals surface area contributed by atoms with E-state index in [1.165, 1.54) is 0 Å². The van der Waals surface area contributed by atoms with E-state index >= 15 is 0 Å². The van der Waals surface area contributed by atoms with Crippen molar-refractivity contribution >= 4 is 11.8 Å². The highest BCUT2D eigenvalue weighted by Gasteiger charge is 2.14. The third-order valence-corrected chi connectivity index (χ3v) is 4.31. The number of thioether (sulfide) groups is 1. The SMILES string of the molecule is OC(CNCCN1CCSCC1)c1cc(F)ccc1F. The van der Waals surface area contributed by atoms with Gasteiger partial charge >= 0.3 is 0 Å². The highest BCUT2D eigenvalue weighted by Crippen LogP contribution is 2.17. The van der Waals surface area contributed by atoms with Crippen molar-refractivity contribution in [1.29, 1.82) is 0 Å². The summed E-state index contributed by atoms with van der Waals surface area (Å²) in [4.78, 5) is 2.36. The molecule has 1 saturated heterocycles. The fourth-order valence-corrected chi connectivity index (χ4v) is 3.16. The molecule has 1 aromatic carbocycles. The van der Waals surface area contributed by atoms with Crippen molar-refractivity contribution in [2.75, 3.05) is 44.2 Å². The fraction of sp³-hybridized carbons (Fsp3) is 0.571. The molecular formula is C14H20F2N2OS. The van der Waals surface area contributed by atoms with Gasteiger partial charge in [-0.05, 0) is 18.2 Å². The maximum Gasteiger partial charge on any atom is 0.129 e. The lowest BCUT2D eigenvalue weighted by Crippen LogP contribution is -2.38. The number of nitrogens with one attached hydrogen (secondary N) is 1. The Hall–Kier alpha value is -0.690. The minimum atomic E-state index is -1.03. The zero-order valence-electron chi connectivity index (χ0n) is 11.3.